The van der Waals surface area contributed by atoms with Gasteiger partial charge in [0.2, 0.25) is 0 Å². The highest BCUT2D eigenvalue weighted by molar-refractivity contribution is 5.99. The summed E-state index contributed by atoms with van der Waals surface area (Å²) in [6.07, 6.45) is 6.87. The molecule has 5 heteroatoms. The summed E-state index contributed by atoms with van der Waals surface area (Å²) in [6, 6.07) is 10.9. The third kappa shape index (κ3) is 4.56. The first-order valence-electron chi connectivity index (χ1n) is 6.76. The van der Waals surface area contributed by atoms with Crippen LogP contribution in [0, 0.1) is 0 Å². The van der Waals surface area contributed by atoms with Gasteiger partial charge in [0, 0.05) is 18.0 Å². The molecule has 2 rings (SSSR count). The van der Waals surface area contributed by atoms with Gasteiger partial charge in [0.25, 0.3) is 5.91 Å². The van der Waals surface area contributed by atoms with Crippen molar-refractivity contribution >= 4 is 17.7 Å². The second-order valence-corrected chi connectivity index (χ2v) is 4.54. The molecule has 112 valence electrons. The molecule has 1 aromatic carbocycles. The van der Waals surface area contributed by atoms with Crippen molar-refractivity contribution in [2.75, 3.05) is 7.11 Å². The van der Waals surface area contributed by atoms with Crippen LogP contribution >= 0.6 is 0 Å². The lowest BCUT2D eigenvalue weighted by Gasteiger charge is -2.00. The standard InChI is InChI=1S/C17H17N3O2/c1-13(3-4-14-5-7-16(22-2)8-6-14)19-20-17(21)15-9-11-18-12-10-15/h3-12H,1-2H3,(H,20,21)/b4-3-,19-13+. The van der Waals surface area contributed by atoms with E-state index < -0.39 is 0 Å². The number of nitrogens with one attached hydrogen (secondary N) is 1. The monoisotopic (exact) mass is 295 g/mol. The average Bonchev–Trinajstić information content (AvgIpc) is 2.59. The molecular weight excluding hydrogens is 278 g/mol. The van der Waals surface area contributed by atoms with Crippen molar-refractivity contribution in [2.45, 2.75) is 6.92 Å². The van der Waals surface area contributed by atoms with Gasteiger partial charge >= 0.3 is 0 Å². The zero-order valence-electron chi connectivity index (χ0n) is 12.5. The average molecular weight is 295 g/mol. The molecule has 0 fully saturated rings. The van der Waals surface area contributed by atoms with Gasteiger partial charge < -0.3 is 4.74 Å². The van der Waals surface area contributed by atoms with Crippen LogP contribution in [0.3, 0.4) is 0 Å². The smallest absolute Gasteiger partial charge is 0.271 e. The first-order valence-corrected chi connectivity index (χ1v) is 6.76. The Hall–Kier alpha value is -2.95. The number of pyridine rings is 1. The Kier molecular flexibility index (Phi) is 5.43. The van der Waals surface area contributed by atoms with Crippen LogP contribution in [-0.4, -0.2) is 23.7 Å². The van der Waals surface area contributed by atoms with Crippen molar-refractivity contribution in [2.24, 2.45) is 5.10 Å². The van der Waals surface area contributed by atoms with Crippen LogP contribution in [0.4, 0.5) is 0 Å². The van der Waals surface area contributed by atoms with E-state index in [2.05, 4.69) is 15.5 Å². The summed E-state index contributed by atoms with van der Waals surface area (Å²) in [5, 5.41) is 4.03. The topological polar surface area (TPSA) is 63.6 Å². The Labute approximate surface area is 129 Å². The maximum absolute atomic E-state index is 11.8. The fourth-order valence-corrected chi connectivity index (χ4v) is 1.68. The van der Waals surface area contributed by atoms with Crippen LogP contribution in [0.15, 0.2) is 60.0 Å². The first-order chi connectivity index (χ1) is 10.7. The fraction of sp³-hybridized carbons (Fsp3) is 0.118. The van der Waals surface area contributed by atoms with E-state index in [4.69, 9.17) is 4.74 Å². The van der Waals surface area contributed by atoms with E-state index >= 15 is 0 Å². The van der Waals surface area contributed by atoms with Crippen molar-refractivity contribution in [1.29, 1.82) is 0 Å². The van der Waals surface area contributed by atoms with Crippen molar-refractivity contribution in [1.82, 2.24) is 10.4 Å². The number of hydrazone groups is 1. The van der Waals surface area contributed by atoms with Crippen molar-refractivity contribution in [3.05, 3.63) is 66.0 Å². The number of hydrogen-bond donors (Lipinski definition) is 1. The van der Waals surface area contributed by atoms with E-state index in [0.717, 1.165) is 11.3 Å². The number of hydrogen-bond acceptors (Lipinski definition) is 4. The molecular formula is C17H17N3O2. The number of benzene rings is 1. The van der Waals surface area contributed by atoms with Crippen molar-refractivity contribution in [3.8, 4) is 5.75 Å². The zero-order valence-corrected chi connectivity index (χ0v) is 12.5. The molecule has 0 atom stereocenters. The second kappa shape index (κ2) is 7.73. The SMILES string of the molecule is COc1ccc(/C=C\C(C)=N\NC(=O)c2ccncc2)cc1. The van der Waals surface area contributed by atoms with Crippen LogP contribution in [0.5, 0.6) is 5.75 Å². The molecule has 0 aliphatic rings. The molecule has 0 unspecified atom stereocenters. The minimum atomic E-state index is -0.264. The summed E-state index contributed by atoms with van der Waals surface area (Å²) in [6.45, 7) is 1.81. The van der Waals surface area contributed by atoms with Gasteiger partial charge in [-0.25, -0.2) is 5.43 Å². The Morgan fingerprint density at radius 2 is 1.86 bits per heavy atom. The van der Waals surface area contributed by atoms with Gasteiger partial charge in [0.05, 0.1) is 12.8 Å². The predicted octanol–water partition coefficient (Wildman–Crippen LogP) is 2.91. The lowest BCUT2D eigenvalue weighted by molar-refractivity contribution is 0.0954. The lowest BCUT2D eigenvalue weighted by atomic mass is 10.2. The Morgan fingerprint density at radius 3 is 2.50 bits per heavy atom. The molecule has 1 heterocycles. The predicted molar refractivity (Wildman–Crippen MR) is 86.8 cm³/mol. The van der Waals surface area contributed by atoms with E-state index in [1.54, 1.807) is 31.6 Å². The van der Waals surface area contributed by atoms with E-state index in [0.29, 0.717) is 11.3 Å². The maximum atomic E-state index is 11.8. The number of methoxy groups -OCH3 is 1. The number of rotatable bonds is 5. The number of allylic oxidation sites excluding steroid dienone is 1. The minimum Gasteiger partial charge on any atom is -0.497 e. The number of aromatic nitrogens is 1. The number of carbonyl (C=O) groups excluding carboxylic acids is 1. The fourth-order valence-electron chi connectivity index (χ4n) is 1.68. The number of nitrogens with zero attached hydrogens (tertiary/aromatic N) is 2. The van der Waals surface area contributed by atoms with Crippen LogP contribution in [-0.2, 0) is 0 Å². The highest BCUT2D eigenvalue weighted by Crippen LogP contribution is 2.12. The molecule has 22 heavy (non-hydrogen) atoms. The van der Waals surface area contributed by atoms with Gasteiger partial charge in [-0.15, -0.1) is 0 Å². The highest BCUT2D eigenvalue weighted by Gasteiger charge is 2.02. The van der Waals surface area contributed by atoms with Gasteiger partial charge in [-0.3, -0.25) is 9.78 Å². The minimum absolute atomic E-state index is 0.264. The van der Waals surface area contributed by atoms with E-state index in [9.17, 15) is 4.79 Å². The number of ether oxygens (including phenoxy) is 1. The van der Waals surface area contributed by atoms with Gasteiger partial charge in [-0.1, -0.05) is 18.2 Å². The third-order valence-corrected chi connectivity index (χ3v) is 2.91. The lowest BCUT2D eigenvalue weighted by Crippen LogP contribution is -2.18. The molecule has 2 aromatic rings. The van der Waals surface area contributed by atoms with E-state index in [-0.39, 0.29) is 5.91 Å². The highest BCUT2D eigenvalue weighted by atomic mass is 16.5. The van der Waals surface area contributed by atoms with Crippen LogP contribution in [0.1, 0.15) is 22.8 Å². The zero-order chi connectivity index (χ0) is 15.8. The van der Waals surface area contributed by atoms with Crippen LogP contribution in [0.2, 0.25) is 0 Å². The van der Waals surface area contributed by atoms with E-state index in [1.807, 2.05) is 43.3 Å². The largest absolute Gasteiger partial charge is 0.497 e. The number of amides is 1. The van der Waals surface area contributed by atoms with Crippen molar-refractivity contribution < 1.29 is 9.53 Å². The quantitative estimate of drug-likeness (QED) is 0.681. The van der Waals surface area contributed by atoms with Crippen LogP contribution in [0.25, 0.3) is 6.08 Å². The first kappa shape index (κ1) is 15.4. The Morgan fingerprint density at radius 1 is 1.18 bits per heavy atom. The van der Waals surface area contributed by atoms with Gasteiger partial charge in [0.1, 0.15) is 5.75 Å². The van der Waals surface area contributed by atoms with Gasteiger partial charge in [-0.05, 0) is 42.8 Å². The third-order valence-electron chi connectivity index (χ3n) is 2.91. The molecule has 0 saturated carbocycles. The van der Waals surface area contributed by atoms with Crippen LogP contribution < -0.4 is 10.2 Å². The molecule has 1 amide bonds. The molecule has 1 aromatic heterocycles. The summed E-state index contributed by atoms with van der Waals surface area (Å²) in [5.74, 6) is 0.548. The summed E-state index contributed by atoms with van der Waals surface area (Å²) in [5.41, 5.74) is 4.74. The summed E-state index contributed by atoms with van der Waals surface area (Å²) >= 11 is 0. The molecule has 0 aliphatic carbocycles. The molecule has 0 radical (unpaired) electrons. The molecule has 0 bridgehead atoms. The molecule has 0 saturated heterocycles. The molecule has 1 N–H and O–H groups in total. The molecule has 0 spiro atoms. The molecule has 5 nitrogen and oxygen atoms in total. The summed E-state index contributed by atoms with van der Waals surface area (Å²) in [7, 11) is 1.63. The maximum Gasteiger partial charge on any atom is 0.271 e. The van der Waals surface area contributed by atoms with E-state index in [1.165, 1.54) is 0 Å². The van der Waals surface area contributed by atoms with Gasteiger partial charge in [0.15, 0.2) is 0 Å². The van der Waals surface area contributed by atoms with Crippen molar-refractivity contribution in [3.63, 3.8) is 0 Å². The Balaban J connectivity index is 1.94. The van der Waals surface area contributed by atoms with Gasteiger partial charge in [-0.2, -0.15) is 5.10 Å². The molecule has 0 aliphatic heterocycles. The normalized spacial score (nSPS) is 11.5. The number of carbonyl (C=O) groups is 1. The Bertz CT molecular complexity index is 677. The summed E-state index contributed by atoms with van der Waals surface area (Å²) < 4.78 is 5.10. The summed E-state index contributed by atoms with van der Waals surface area (Å²) in [4.78, 5) is 15.7. The second-order valence-electron chi connectivity index (χ2n) is 4.54.